The molecule has 0 bridgehead atoms. The number of amides is 1. The van der Waals surface area contributed by atoms with Gasteiger partial charge in [-0.05, 0) is 48.3 Å². The third-order valence-corrected chi connectivity index (χ3v) is 4.15. The monoisotopic (exact) mass is 292 g/mol. The highest BCUT2D eigenvalue weighted by molar-refractivity contribution is 5.99. The van der Waals surface area contributed by atoms with Crippen molar-refractivity contribution in [1.82, 2.24) is 5.32 Å². The van der Waals surface area contributed by atoms with E-state index in [0.717, 1.165) is 19.3 Å². The zero-order valence-corrected chi connectivity index (χ0v) is 13.3. The normalized spacial score (nSPS) is 21.0. The van der Waals surface area contributed by atoms with E-state index in [-0.39, 0.29) is 28.5 Å². The molecular weight excluding hydrogens is 267 g/mol. The van der Waals surface area contributed by atoms with Crippen molar-refractivity contribution in [1.29, 1.82) is 0 Å². The molecule has 3 N–H and O–H groups in total. The van der Waals surface area contributed by atoms with Crippen LogP contribution in [0.2, 0.25) is 0 Å². The number of benzene rings is 1. The Morgan fingerprint density at radius 1 is 1.24 bits per heavy atom. The molecule has 3 nitrogen and oxygen atoms in total. The summed E-state index contributed by atoms with van der Waals surface area (Å²) in [7, 11) is 0. The Hall–Kier alpha value is -1.58. The predicted octanol–water partition coefficient (Wildman–Crippen LogP) is 3.74. The van der Waals surface area contributed by atoms with Gasteiger partial charge in [-0.2, -0.15) is 0 Å². The Morgan fingerprint density at radius 3 is 2.33 bits per heavy atom. The molecule has 1 saturated carbocycles. The molecule has 0 radical (unpaired) electrons. The van der Waals surface area contributed by atoms with Crippen molar-refractivity contribution in [2.24, 2.45) is 10.8 Å². The molecule has 1 aromatic carbocycles. The van der Waals surface area contributed by atoms with Crippen molar-refractivity contribution in [2.45, 2.75) is 53.0 Å². The minimum atomic E-state index is -0.427. The summed E-state index contributed by atoms with van der Waals surface area (Å²) in [4.78, 5) is 12.4. The number of nitrogens with one attached hydrogen (secondary N) is 1. The van der Waals surface area contributed by atoms with Gasteiger partial charge in [0.05, 0.1) is 5.56 Å². The van der Waals surface area contributed by atoms with Crippen molar-refractivity contribution in [2.75, 3.05) is 5.73 Å². The molecule has 1 aromatic rings. The Balaban J connectivity index is 2.12. The lowest BCUT2D eigenvalue weighted by Crippen LogP contribution is -2.46. The molecule has 2 rings (SSSR count). The van der Waals surface area contributed by atoms with E-state index < -0.39 is 5.82 Å². The van der Waals surface area contributed by atoms with Crippen LogP contribution in [0.1, 0.15) is 57.3 Å². The van der Waals surface area contributed by atoms with Gasteiger partial charge >= 0.3 is 0 Å². The highest BCUT2D eigenvalue weighted by atomic mass is 19.1. The smallest absolute Gasteiger partial charge is 0.253 e. The minimum Gasteiger partial charge on any atom is -0.398 e. The molecule has 0 saturated heterocycles. The molecule has 0 unspecified atom stereocenters. The summed E-state index contributed by atoms with van der Waals surface area (Å²) in [5.74, 6) is -0.644. The highest BCUT2D eigenvalue weighted by Crippen LogP contribution is 2.45. The fourth-order valence-electron chi connectivity index (χ4n) is 3.95. The van der Waals surface area contributed by atoms with Crippen LogP contribution in [0, 0.1) is 16.6 Å². The molecule has 21 heavy (non-hydrogen) atoms. The second kappa shape index (κ2) is 5.32. The fourth-order valence-corrected chi connectivity index (χ4v) is 3.95. The topological polar surface area (TPSA) is 55.1 Å². The lowest BCUT2D eigenvalue weighted by Gasteiger charge is -2.45. The van der Waals surface area contributed by atoms with Crippen molar-refractivity contribution >= 4 is 11.6 Å². The maximum Gasteiger partial charge on any atom is 0.253 e. The Bertz CT molecular complexity index is 536. The maximum atomic E-state index is 13.1. The number of hydrogen-bond acceptors (Lipinski definition) is 2. The van der Waals surface area contributed by atoms with E-state index in [0.29, 0.717) is 5.56 Å². The van der Waals surface area contributed by atoms with E-state index >= 15 is 0 Å². The van der Waals surface area contributed by atoms with Crippen molar-refractivity contribution < 1.29 is 9.18 Å². The van der Waals surface area contributed by atoms with Gasteiger partial charge in [0, 0.05) is 11.7 Å². The van der Waals surface area contributed by atoms with Crippen LogP contribution in [0.15, 0.2) is 18.2 Å². The van der Waals surface area contributed by atoms with Crippen LogP contribution in [0.25, 0.3) is 0 Å². The first-order chi connectivity index (χ1) is 9.58. The van der Waals surface area contributed by atoms with Crippen molar-refractivity contribution in [3.63, 3.8) is 0 Å². The third-order valence-electron chi connectivity index (χ3n) is 4.15. The van der Waals surface area contributed by atoms with E-state index in [1.54, 1.807) is 0 Å². The zero-order valence-electron chi connectivity index (χ0n) is 13.3. The standard InChI is InChI=1S/C17H25FN2O/c1-16(2)8-12(9-17(3,4)10-16)20-15(21)13-6-5-11(18)7-14(13)19/h5-7,12H,8-10,19H2,1-4H3,(H,20,21). The molecule has 1 amide bonds. The Labute approximate surface area is 126 Å². The molecule has 1 aliphatic rings. The van der Waals surface area contributed by atoms with E-state index in [9.17, 15) is 9.18 Å². The largest absolute Gasteiger partial charge is 0.398 e. The third kappa shape index (κ3) is 3.96. The van der Waals surface area contributed by atoms with Crippen LogP contribution < -0.4 is 11.1 Å². The first kappa shape index (κ1) is 15.8. The molecular formula is C17H25FN2O. The van der Waals surface area contributed by atoms with Crippen LogP contribution in [-0.2, 0) is 0 Å². The van der Waals surface area contributed by atoms with Gasteiger partial charge in [0.15, 0.2) is 0 Å². The van der Waals surface area contributed by atoms with Crippen molar-refractivity contribution in [3.8, 4) is 0 Å². The first-order valence-corrected chi connectivity index (χ1v) is 7.44. The number of rotatable bonds is 2. The maximum absolute atomic E-state index is 13.1. The fraction of sp³-hybridized carbons (Fsp3) is 0.588. The molecule has 116 valence electrons. The molecule has 4 heteroatoms. The molecule has 0 spiro atoms. The lowest BCUT2D eigenvalue weighted by atomic mass is 9.63. The van der Waals surface area contributed by atoms with Gasteiger partial charge in [0.25, 0.3) is 5.91 Å². The predicted molar refractivity (Wildman–Crippen MR) is 83.5 cm³/mol. The number of nitrogen functional groups attached to an aromatic ring is 1. The number of hydrogen-bond donors (Lipinski definition) is 2. The molecule has 0 atom stereocenters. The summed E-state index contributed by atoms with van der Waals surface area (Å²) in [5.41, 5.74) is 6.67. The quantitative estimate of drug-likeness (QED) is 0.816. The summed E-state index contributed by atoms with van der Waals surface area (Å²) in [6, 6.07) is 4.02. The van der Waals surface area contributed by atoms with Crippen molar-refractivity contribution in [3.05, 3.63) is 29.6 Å². The van der Waals surface area contributed by atoms with Gasteiger partial charge in [-0.15, -0.1) is 0 Å². The summed E-state index contributed by atoms with van der Waals surface area (Å²) < 4.78 is 13.1. The number of carbonyl (C=O) groups excluding carboxylic acids is 1. The second-order valence-corrected chi connectivity index (χ2v) is 7.82. The second-order valence-electron chi connectivity index (χ2n) is 7.82. The van der Waals surface area contributed by atoms with Crippen LogP contribution in [-0.4, -0.2) is 11.9 Å². The summed E-state index contributed by atoms with van der Waals surface area (Å²) in [5, 5.41) is 3.07. The molecule has 0 aromatic heterocycles. The van der Waals surface area contributed by atoms with E-state index in [1.807, 2.05) is 0 Å². The number of anilines is 1. The molecule has 0 heterocycles. The first-order valence-electron chi connectivity index (χ1n) is 7.44. The van der Waals surface area contributed by atoms with Crippen LogP contribution in [0.4, 0.5) is 10.1 Å². The summed E-state index contributed by atoms with van der Waals surface area (Å²) in [6.45, 7) is 8.94. The summed E-state index contributed by atoms with van der Waals surface area (Å²) >= 11 is 0. The Kier molecular flexibility index (Phi) is 4.00. The summed E-state index contributed by atoms with van der Waals surface area (Å²) in [6.07, 6.45) is 3.04. The highest BCUT2D eigenvalue weighted by Gasteiger charge is 2.39. The number of nitrogens with two attached hydrogens (primary N) is 1. The van der Waals surface area contributed by atoms with Gasteiger partial charge in [-0.3, -0.25) is 4.79 Å². The van der Waals surface area contributed by atoms with Gasteiger partial charge in [0.2, 0.25) is 0 Å². The van der Waals surface area contributed by atoms with Gasteiger partial charge < -0.3 is 11.1 Å². The SMILES string of the molecule is CC1(C)CC(NC(=O)c2ccc(F)cc2N)CC(C)(C)C1. The lowest BCUT2D eigenvalue weighted by molar-refractivity contribution is 0.0714. The number of halogens is 1. The Morgan fingerprint density at radius 2 is 1.81 bits per heavy atom. The molecule has 1 fully saturated rings. The van der Waals surface area contributed by atoms with Gasteiger partial charge in [-0.1, -0.05) is 27.7 Å². The van der Waals surface area contributed by atoms with Gasteiger partial charge in [-0.25, -0.2) is 4.39 Å². The van der Waals surface area contributed by atoms with Gasteiger partial charge in [0.1, 0.15) is 5.82 Å². The zero-order chi connectivity index (χ0) is 15.8. The van der Waals surface area contributed by atoms with Crippen LogP contribution in [0.5, 0.6) is 0 Å². The molecule has 1 aliphatic carbocycles. The van der Waals surface area contributed by atoms with E-state index in [4.69, 9.17) is 5.73 Å². The van der Waals surface area contributed by atoms with Crippen LogP contribution in [0.3, 0.4) is 0 Å². The van der Waals surface area contributed by atoms with E-state index in [2.05, 4.69) is 33.0 Å². The van der Waals surface area contributed by atoms with E-state index in [1.165, 1.54) is 18.2 Å². The average Bonchev–Trinajstić information content (AvgIpc) is 2.23. The molecule has 0 aliphatic heterocycles. The van der Waals surface area contributed by atoms with Crippen LogP contribution >= 0.6 is 0 Å². The average molecular weight is 292 g/mol. The number of carbonyl (C=O) groups is 1. The minimum absolute atomic E-state index is 0.126.